The number of hydrogen-bond acceptors (Lipinski definition) is 2. The number of rotatable bonds is 1. The molecule has 0 spiro atoms. The molecule has 0 aromatic heterocycles. The van der Waals surface area contributed by atoms with E-state index in [0.717, 1.165) is 32.7 Å². The Balaban J connectivity index is 1.97. The Morgan fingerprint density at radius 3 is 2.75 bits per heavy atom. The van der Waals surface area contributed by atoms with Gasteiger partial charge in [-0.1, -0.05) is 12.2 Å². The van der Waals surface area contributed by atoms with Crippen LogP contribution in [-0.4, -0.2) is 31.2 Å². The van der Waals surface area contributed by atoms with Crippen LogP contribution in [0.4, 0.5) is 0 Å². The molecule has 0 saturated carbocycles. The molecule has 2 aliphatic rings. The molecule has 0 aromatic rings. The van der Waals surface area contributed by atoms with Gasteiger partial charge in [0.1, 0.15) is 0 Å². The summed E-state index contributed by atoms with van der Waals surface area (Å²) in [6.45, 7) is 3.80. The number of ether oxygens (including phenoxy) is 1. The van der Waals surface area contributed by atoms with E-state index in [9.17, 15) is 0 Å². The fraction of sp³-hybridized carbons (Fsp3) is 0.500. The Labute approximate surface area is 73.5 Å². The number of hydrogen-bond donors (Lipinski definition) is 0. The van der Waals surface area contributed by atoms with Gasteiger partial charge in [-0.3, -0.25) is 0 Å². The van der Waals surface area contributed by atoms with Gasteiger partial charge in [0, 0.05) is 18.8 Å². The predicted molar refractivity (Wildman–Crippen MR) is 48.5 cm³/mol. The van der Waals surface area contributed by atoms with E-state index in [-0.39, 0.29) is 0 Å². The third kappa shape index (κ3) is 1.69. The van der Waals surface area contributed by atoms with Crippen LogP contribution in [0, 0.1) is 6.42 Å². The topological polar surface area (TPSA) is 12.5 Å². The minimum absolute atomic E-state index is 0.866. The molecule has 0 atom stereocenters. The monoisotopic (exact) mass is 164 g/mol. The Morgan fingerprint density at radius 2 is 2.08 bits per heavy atom. The van der Waals surface area contributed by atoms with Crippen molar-refractivity contribution in [3.8, 4) is 0 Å². The molecule has 0 aromatic carbocycles. The lowest BCUT2D eigenvalue weighted by atomic mass is 10.1. The van der Waals surface area contributed by atoms with Crippen molar-refractivity contribution in [2.24, 2.45) is 0 Å². The van der Waals surface area contributed by atoms with Crippen molar-refractivity contribution in [1.29, 1.82) is 0 Å². The van der Waals surface area contributed by atoms with Gasteiger partial charge >= 0.3 is 0 Å². The Bertz CT molecular complexity index is 202. The molecule has 1 aliphatic carbocycles. The van der Waals surface area contributed by atoms with Gasteiger partial charge in [0.25, 0.3) is 0 Å². The van der Waals surface area contributed by atoms with Gasteiger partial charge < -0.3 is 9.64 Å². The van der Waals surface area contributed by atoms with E-state index in [0.29, 0.717) is 0 Å². The summed E-state index contributed by atoms with van der Waals surface area (Å²) in [4.78, 5) is 2.37. The average molecular weight is 164 g/mol. The average Bonchev–Trinajstić information content (AvgIpc) is 2.21. The third-order valence-electron chi connectivity index (χ3n) is 2.23. The summed E-state index contributed by atoms with van der Waals surface area (Å²) < 4.78 is 5.29. The van der Waals surface area contributed by atoms with Crippen LogP contribution in [0.3, 0.4) is 0 Å². The highest BCUT2D eigenvalue weighted by molar-refractivity contribution is 5.26. The van der Waals surface area contributed by atoms with E-state index in [1.54, 1.807) is 0 Å². The number of allylic oxidation sites excluding steroid dienone is 3. The molecular weight excluding hydrogens is 150 g/mol. The maximum Gasteiger partial charge on any atom is 0.0642 e. The second-order valence-corrected chi connectivity index (χ2v) is 3.06. The summed E-state index contributed by atoms with van der Waals surface area (Å²) in [6, 6.07) is 0. The van der Waals surface area contributed by atoms with Crippen LogP contribution in [0.15, 0.2) is 23.9 Å². The number of morpholine rings is 1. The van der Waals surface area contributed by atoms with E-state index >= 15 is 0 Å². The second-order valence-electron chi connectivity index (χ2n) is 3.06. The first-order valence-electron chi connectivity index (χ1n) is 4.49. The fourth-order valence-corrected chi connectivity index (χ4v) is 1.54. The molecule has 1 radical (unpaired) electrons. The Hall–Kier alpha value is -0.760. The van der Waals surface area contributed by atoms with Gasteiger partial charge in [-0.15, -0.1) is 0 Å². The molecule has 2 nitrogen and oxygen atoms in total. The molecule has 2 heteroatoms. The third-order valence-corrected chi connectivity index (χ3v) is 2.23. The zero-order valence-electron chi connectivity index (χ0n) is 7.20. The lowest BCUT2D eigenvalue weighted by molar-refractivity contribution is 0.0553. The van der Waals surface area contributed by atoms with Crippen LogP contribution in [0.5, 0.6) is 0 Å². The van der Waals surface area contributed by atoms with Crippen molar-refractivity contribution in [2.75, 3.05) is 26.3 Å². The van der Waals surface area contributed by atoms with Crippen molar-refractivity contribution in [3.63, 3.8) is 0 Å². The first-order chi connectivity index (χ1) is 5.97. The van der Waals surface area contributed by atoms with Crippen LogP contribution in [-0.2, 0) is 4.74 Å². The van der Waals surface area contributed by atoms with E-state index in [1.165, 1.54) is 5.70 Å². The highest BCUT2D eigenvalue weighted by Crippen LogP contribution is 2.14. The molecule has 0 N–H and O–H groups in total. The second kappa shape index (κ2) is 3.76. The van der Waals surface area contributed by atoms with Crippen molar-refractivity contribution < 1.29 is 4.74 Å². The first-order valence-corrected chi connectivity index (χ1v) is 4.49. The summed E-state index contributed by atoms with van der Waals surface area (Å²) in [5, 5.41) is 0. The predicted octanol–water partition coefficient (Wildman–Crippen LogP) is 1.37. The zero-order valence-corrected chi connectivity index (χ0v) is 7.20. The van der Waals surface area contributed by atoms with E-state index in [1.807, 2.05) is 0 Å². The molecule has 1 fully saturated rings. The molecule has 0 unspecified atom stereocenters. The van der Waals surface area contributed by atoms with Gasteiger partial charge in [-0.05, 0) is 18.9 Å². The molecule has 65 valence electrons. The highest BCUT2D eigenvalue weighted by Gasteiger charge is 2.11. The lowest BCUT2D eigenvalue weighted by Gasteiger charge is -2.30. The summed E-state index contributed by atoms with van der Waals surface area (Å²) in [6.07, 6.45) is 9.88. The van der Waals surface area contributed by atoms with Crippen molar-refractivity contribution in [3.05, 3.63) is 30.3 Å². The minimum atomic E-state index is 0.866. The van der Waals surface area contributed by atoms with Crippen molar-refractivity contribution in [2.45, 2.75) is 6.42 Å². The molecule has 1 saturated heterocycles. The van der Waals surface area contributed by atoms with Crippen LogP contribution >= 0.6 is 0 Å². The molecule has 2 rings (SSSR count). The SMILES string of the molecule is [CH]1C=C(N2CCOCC2)C=CC1. The van der Waals surface area contributed by atoms with E-state index in [4.69, 9.17) is 4.74 Å². The smallest absolute Gasteiger partial charge is 0.0642 e. The zero-order chi connectivity index (χ0) is 8.23. The molecule has 0 amide bonds. The molecule has 0 bridgehead atoms. The first kappa shape index (κ1) is 7.87. The summed E-state index contributed by atoms with van der Waals surface area (Å²) in [5.74, 6) is 0. The normalized spacial score (nSPS) is 24.0. The molecule has 12 heavy (non-hydrogen) atoms. The Morgan fingerprint density at radius 1 is 1.25 bits per heavy atom. The van der Waals surface area contributed by atoms with Gasteiger partial charge in [0.15, 0.2) is 0 Å². The standard InChI is InChI=1S/C10H14NO/c1-2-4-10(5-3-1)11-6-8-12-9-7-11/h2-5H,1,6-9H2. The van der Waals surface area contributed by atoms with Gasteiger partial charge in [-0.25, -0.2) is 0 Å². The van der Waals surface area contributed by atoms with Crippen LogP contribution in [0.25, 0.3) is 0 Å². The number of nitrogens with zero attached hydrogens (tertiary/aromatic N) is 1. The van der Waals surface area contributed by atoms with Crippen LogP contribution < -0.4 is 0 Å². The minimum Gasteiger partial charge on any atom is -0.378 e. The summed E-state index contributed by atoms with van der Waals surface area (Å²) >= 11 is 0. The van der Waals surface area contributed by atoms with Crippen LogP contribution in [0.2, 0.25) is 0 Å². The summed E-state index contributed by atoms with van der Waals surface area (Å²) in [7, 11) is 0. The van der Waals surface area contributed by atoms with Crippen LogP contribution in [0.1, 0.15) is 6.42 Å². The van der Waals surface area contributed by atoms with Gasteiger partial charge in [-0.2, -0.15) is 0 Å². The maximum atomic E-state index is 5.29. The Kier molecular flexibility index (Phi) is 2.47. The van der Waals surface area contributed by atoms with Gasteiger partial charge in [0.05, 0.1) is 13.2 Å². The maximum absolute atomic E-state index is 5.29. The molecule has 1 aliphatic heterocycles. The summed E-state index contributed by atoms with van der Waals surface area (Å²) in [5.41, 5.74) is 1.34. The highest BCUT2D eigenvalue weighted by atomic mass is 16.5. The fourth-order valence-electron chi connectivity index (χ4n) is 1.54. The van der Waals surface area contributed by atoms with Gasteiger partial charge in [0.2, 0.25) is 0 Å². The molecule has 1 heterocycles. The van der Waals surface area contributed by atoms with E-state index in [2.05, 4.69) is 29.5 Å². The van der Waals surface area contributed by atoms with E-state index < -0.39 is 0 Å². The lowest BCUT2D eigenvalue weighted by Crippen LogP contribution is -2.35. The largest absolute Gasteiger partial charge is 0.378 e. The molecular formula is C10H14NO. The quantitative estimate of drug-likeness (QED) is 0.580. The van der Waals surface area contributed by atoms with Crippen molar-refractivity contribution >= 4 is 0 Å². The van der Waals surface area contributed by atoms with Crippen molar-refractivity contribution in [1.82, 2.24) is 4.90 Å².